The topological polar surface area (TPSA) is 25.2 Å². The summed E-state index contributed by atoms with van der Waals surface area (Å²) in [4.78, 5) is 0. The largest absolute Gasteiger partial charge is 0.458 e. The molecule has 0 amide bonds. The molecule has 0 radical (unpaired) electrons. The molecule has 0 aliphatic carbocycles. The van der Waals surface area contributed by atoms with Crippen molar-refractivity contribution in [3.05, 3.63) is 33.0 Å². The van der Waals surface area contributed by atoms with Crippen molar-refractivity contribution in [1.82, 2.24) is 5.32 Å². The Kier molecular flexibility index (Phi) is 5.15. The molecular weight excluding hydrogens is 329 g/mol. The van der Waals surface area contributed by atoms with Crippen molar-refractivity contribution >= 4 is 45.8 Å². The zero-order valence-corrected chi connectivity index (χ0v) is 15.0. The molecule has 1 aromatic heterocycles. The molecule has 1 N–H and O–H groups in total. The van der Waals surface area contributed by atoms with E-state index in [9.17, 15) is 0 Å². The van der Waals surface area contributed by atoms with E-state index in [0.29, 0.717) is 20.7 Å². The van der Waals surface area contributed by atoms with Crippen LogP contribution in [0.1, 0.15) is 45.9 Å². The van der Waals surface area contributed by atoms with Gasteiger partial charge in [-0.2, -0.15) is 0 Å². The predicted molar refractivity (Wildman–Crippen MR) is 91.7 cm³/mol. The second kappa shape index (κ2) is 6.37. The fourth-order valence-electron chi connectivity index (χ4n) is 2.38. The van der Waals surface area contributed by atoms with Crippen LogP contribution in [0, 0.1) is 5.41 Å². The smallest absolute Gasteiger partial charge is 0.154 e. The van der Waals surface area contributed by atoms with Crippen LogP contribution in [0.3, 0.4) is 0 Å². The minimum absolute atomic E-state index is 0.00575. The van der Waals surface area contributed by atoms with Crippen LogP contribution in [0.4, 0.5) is 0 Å². The Morgan fingerprint density at radius 1 is 1.14 bits per heavy atom. The number of hydrogen-bond donors (Lipinski definition) is 1. The SMILES string of the molecule is CCCNC(c1cc2c(Cl)c(Cl)cc(Cl)c2o1)C(C)(C)C. The molecule has 0 saturated heterocycles. The lowest BCUT2D eigenvalue weighted by Gasteiger charge is -2.30. The van der Waals surface area contributed by atoms with Gasteiger partial charge in [0.1, 0.15) is 5.76 Å². The van der Waals surface area contributed by atoms with E-state index >= 15 is 0 Å². The normalized spacial score (nSPS) is 13.9. The van der Waals surface area contributed by atoms with Gasteiger partial charge in [-0.3, -0.25) is 0 Å². The number of fused-ring (bicyclic) bond motifs is 1. The maximum atomic E-state index is 6.26. The van der Waals surface area contributed by atoms with Gasteiger partial charge < -0.3 is 9.73 Å². The maximum absolute atomic E-state index is 6.26. The Morgan fingerprint density at radius 3 is 2.38 bits per heavy atom. The average Bonchev–Trinajstić information content (AvgIpc) is 2.80. The lowest BCUT2D eigenvalue weighted by Crippen LogP contribution is -2.32. The zero-order valence-electron chi connectivity index (χ0n) is 12.7. The molecule has 0 bridgehead atoms. The molecule has 1 atom stereocenters. The van der Waals surface area contributed by atoms with Crippen molar-refractivity contribution < 1.29 is 4.42 Å². The monoisotopic (exact) mass is 347 g/mol. The van der Waals surface area contributed by atoms with Crippen LogP contribution in [-0.4, -0.2) is 6.54 Å². The van der Waals surface area contributed by atoms with Crippen molar-refractivity contribution in [2.45, 2.75) is 40.2 Å². The summed E-state index contributed by atoms with van der Waals surface area (Å²) >= 11 is 18.6. The summed E-state index contributed by atoms with van der Waals surface area (Å²) in [6.07, 6.45) is 1.06. The van der Waals surface area contributed by atoms with Gasteiger partial charge in [0.25, 0.3) is 0 Å². The third-order valence-corrected chi connectivity index (χ3v) is 4.50. The van der Waals surface area contributed by atoms with E-state index in [0.717, 1.165) is 24.1 Å². The number of furan rings is 1. The number of benzene rings is 1. The first-order valence-corrected chi connectivity index (χ1v) is 8.19. The highest BCUT2D eigenvalue weighted by molar-refractivity contribution is 6.47. The van der Waals surface area contributed by atoms with Gasteiger partial charge in [0.15, 0.2) is 5.58 Å². The van der Waals surface area contributed by atoms with Gasteiger partial charge in [0.2, 0.25) is 0 Å². The molecule has 21 heavy (non-hydrogen) atoms. The van der Waals surface area contributed by atoms with Crippen molar-refractivity contribution in [2.24, 2.45) is 5.41 Å². The van der Waals surface area contributed by atoms with Gasteiger partial charge in [0.05, 0.1) is 21.1 Å². The third-order valence-electron chi connectivity index (χ3n) is 3.42. The summed E-state index contributed by atoms with van der Waals surface area (Å²) in [5, 5.41) is 5.69. The quantitative estimate of drug-likeness (QED) is 0.640. The standard InChI is InChI=1S/C16H20Cl3NO/c1-5-6-20-15(16(2,3)4)12-7-9-13(19)10(17)8-11(18)14(9)21-12/h7-8,15,20H,5-6H2,1-4H3. The number of halogens is 3. The molecule has 2 aromatic rings. The Bertz CT molecular complexity index is 643. The minimum atomic E-state index is 0.00575. The van der Waals surface area contributed by atoms with Crippen LogP contribution in [-0.2, 0) is 0 Å². The highest BCUT2D eigenvalue weighted by Gasteiger charge is 2.29. The lowest BCUT2D eigenvalue weighted by atomic mass is 9.85. The van der Waals surface area contributed by atoms with Gasteiger partial charge in [-0.05, 0) is 30.5 Å². The Balaban J connectivity index is 2.54. The van der Waals surface area contributed by atoms with E-state index in [4.69, 9.17) is 39.2 Å². The van der Waals surface area contributed by atoms with Gasteiger partial charge in [0, 0.05) is 5.39 Å². The zero-order chi connectivity index (χ0) is 15.8. The van der Waals surface area contributed by atoms with Crippen LogP contribution < -0.4 is 5.32 Å². The minimum Gasteiger partial charge on any atom is -0.458 e. The van der Waals surface area contributed by atoms with Gasteiger partial charge in [-0.1, -0.05) is 62.5 Å². The van der Waals surface area contributed by atoms with E-state index in [2.05, 4.69) is 33.0 Å². The van der Waals surface area contributed by atoms with Gasteiger partial charge in [-0.25, -0.2) is 0 Å². The molecule has 0 aliphatic heterocycles. The summed E-state index contributed by atoms with van der Waals surface area (Å²) in [5.41, 5.74) is 0.597. The van der Waals surface area contributed by atoms with Crippen LogP contribution in [0.2, 0.25) is 15.1 Å². The van der Waals surface area contributed by atoms with Crippen LogP contribution >= 0.6 is 34.8 Å². The summed E-state index contributed by atoms with van der Waals surface area (Å²) in [7, 11) is 0. The first-order valence-electron chi connectivity index (χ1n) is 7.06. The fraction of sp³-hybridized carbons (Fsp3) is 0.500. The molecule has 2 nitrogen and oxygen atoms in total. The summed E-state index contributed by atoms with van der Waals surface area (Å²) < 4.78 is 5.98. The summed E-state index contributed by atoms with van der Waals surface area (Å²) in [5.74, 6) is 0.831. The second-order valence-electron chi connectivity index (χ2n) is 6.30. The molecule has 2 rings (SSSR count). The fourth-order valence-corrected chi connectivity index (χ4v) is 3.10. The van der Waals surface area contributed by atoms with E-state index in [1.54, 1.807) is 6.07 Å². The van der Waals surface area contributed by atoms with Crippen LogP contribution in [0.25, 0.3) is 11.0 Å². The van der Waals surface area contributed by atoms with E-state index in [1.165, 1.54) is 0 Å². The van der Waals surface area contributed by atoms with Crippen molar-refractivity contribution in [3.63, 3.8) is 0 Å². The molecule has 5 heteroatoms. The average molecular weight is 349 g/mol. The third kappa shape index (κ3) is 3.50. The Hall–Kier alpha value is -0.410. The molecule has 1 heterocycles. The van der Waals surface area contributed by atoms with Crippen molar-refractivity contribution in [2.75, 3.05) is 6.54 Å². The van der Waals surface area contributed by atoms with E-state index in [1.807, 2.05) is 6.07 Å². The predicted octanol–water partition coefficient (Wildman–Crippen LogP) is 6.48. The molecule has 116 valence electrons. The molecule has 0 fully saturated rings. The van der Waals surface area contributed by atoms with Crippen LogP contribution in [0.5, 0.6) is 0 Å². The van der Waals surface area contributed by atoms with Gasteiger partial charge >= 0.3 is 0 Å². The highest BCUT2D eigenvalue weighted by atomic mass is 35.5. The van der Waals surface area contributed by atoms with Crippen molar-refractivity contribution in [1.29, 1.82) is 0 Å². The molecule has 1 aromatic carbocycles. The Morgan fingerprint density at radius 2 is 1.81 bits per heavy atom. The molecule has 0 spiro atoms. The molecule has 0 aliphatic rings. The highest BCUT2D eigenvalue weighted by Crippen LogP contribution is 2.41. The Labute approximate surface area is 140 Å². The maximum Gasteiger partial charge on any atom is 0.154 e. The molecule has 1 unspecified atom stereocenters. The number of hydrogen-bond acceptors (Lipinski definition) is 2. The van der Waals surface area contributed by atoms with E-state index in [-0.39, 0.29) is 11.5 Å². The summed E-state index contributed by atoms with van der Waals surface area (Å²) in [6, 6.07) is 3.64. The number of rotatable bonds is 4. The number of nitrogens with one attached hydrogen (secondary N) is 1. The van der Waals surface area contributed by atoms with Gasteiger partial charge in [-0.15, -0.1) is 0 Å². The second-order valence-corrected chi connectivity index (χ2v) is 7.49. The van der Waals surface area contributed by atoms with Crippen molar-refractivity contribution in [3.8, 4) is 0 Å². The van der Waals surface area contributed by atoms with Crippen LogP contribution in [0.15, 0.2) is 16.5 Å². The first kappa shape index (κ1) is 17.0. The lowest BCUT2D eigenvalue weighted by molar-refractivity contribution is 0.242. The summed E-state index contributed by atoms with van der Waals surface area (Å²) in [6.45, 7) is 9.57. The molecule has 0 saturated carbocycles. The molecular formula is C16H20Cl3NO. The first-order chi connectivity index (χ1) is 9.75. The van der Waals surface area contributed by atoms with E-state index < -0.39 is 0 Å².